The summed E-state index contributed by atoms with van der Waals surface area (Å²) in [4.78, 5) is 9.07. The molecule has 0 aliphatic rings. The van der Waals surface area contributed by atoms with Crippen LogP contribution in [0, 0.1) is 13.8 Å². The van der Waals surface area contributed by atoms with Crippen molar-refractivity contribution in [2.75, 3.05) is 34.0 Å². The minimum atomic E-state index is 0.0717. The van der Waals surface area contributed by atoms with Crippen LogP contribution in [0.1, 0.15) is 46.2 Å². The highest BCUT2D eigenvalue weighted by atomic mass is 16.5. The van der Waals surface area contributed by atoms with Gasteiger partial charge in [0, 0.05) is 43.0 Å². The number of aryl methyl sites for hydroxylation is 1. The van der Waals surface area contributed by atoms with Crippen LogP contribution < -0.4 is 24.3 Å². The van der Waals surface area contributed by atoms with Crippen LogP contribution in [-0.4, -0.2) is 54.2 Å². The number of nitrogens with zero attached hydrogens (tertiary/aromatic N) is 2. The van der Waals surface area contributed by atoms with Crippen molar-refractivity contribution in [2.24, 2.45) is 0 Å². The SMILES string of the molecule is COc1nc(OCc2cccc(-c3cccc(COc4ccc(CNCCO)c(OC)n4)c3C)c2C)ccc1CCCCO. The molecule has 0 atom stereocenters. The Morgan fingerprint density at radius 2 is 1.18 bits per heavy atom. The Balaban J connectivity index is 1.45. The largest absolute Gasteiger partial charge is 0.481 e. The highest BCUT2D eigenvalue weighted by Gasteiger charge is 2.14. The van der Waals surface area contributed by atoms with Crippen LogP contribution in [0.25, 0.3) is 11.1 Å². The third kappa shape index (κ3) is 8.47. The Kier molecular flexibility index (Phi) is 12.4. The zero-order valence-electron chi connectivity index (χ0n) is 26.1. The molecular formula is C35H43N3O6. The number of nitrogens with one attached hydrogen (secondary N) is 1. The fraction of sp³-hybridized carbons (Fsp3) is 0.371. The fourth-order valence-electron chi connectivity index (χ4n) is 5.04. The van der Waals surface area contributed by atoms with Gasteiger partial charge < -0.3 is 34.5 Å². The quantitative estimate of drug-likeness (QED) is 0.138. The maximum Gasteiger partial charge on any atom is 0.220 e. The molecule has 9 heteroatoms. The van der Waals surface area contributed by atoms with E-state index in [1.807, 2.05) is 30.3 Å². The van der Waals surface area contributed by atoms with Gasteiger partial charge in [0.15, 0.2) is 0 Å². The maximum atomic E-state index is 9.07. The number of aliphatic hydroxyl groups excluding tert-OH is 2. The molecule has 0 aliphatic heterocycles. The number of benzene rings is 2. The summed E-state index contributed by atoms with van der Waals surface area (Å²) in [5, 5.41) is 21.2. The minimum absolute atomic E-state index is 0.0717. The molecular weight excluding hydrogens is 558 g/mol. The molecule has 2 aromatic carbocycles. The lowest BCUT2D eigenvalue weighted by Gasteiger charge is -2.17. The summed E-state index contributed by atoms with van der Waals surface area (Å²) in [5.74, 6) is 2.04. The van der Waals surface area contributed by atoms with Crippen molar-refractivity contribution in [3.8, 4) is 34.6 Å². The summed E-state index contributed by atoms with van der Waals surface area (Å²) in [5.41, 5.74) is 8.57. The Morgan fingerprint density at radius 1 is 0.636 bits per heavy atom. The van der Waals surface area contributed by atoms with E-state index in [9.17, 15) is 0 Å². The van der Waals surface area contributed by atoms with Crippen LogP contribution in [0.5, 0.6) is 23.5 Å². The van der Waals surface area contributed by atoms with Crippen LogP contribution in [0.15, 0.2) is 60.7 Å². The molecule has 4 aromatic rings. The van der Waals surface area contributed by atoms with E-state index in [2.05, 4.69) is 59.5 Å². The van der Waals surface area contributed by atoms with Crippen molar-refractivity contribution in [1.82, 2.24) is 15.3 Å². The second kappa shape index (κ2) is 16.6. The molecule has 0 saturated heterocycles. The monoisotopic (exact) mass is 601 g/mol. The topological polar surface area (TPSA) is 115 Å². The van der Waals surface area contributed by atoms with Gasteiger partial charge >= 0.3 is 0 Å². The predicted molar refractivity (Wildman–Crippen MR) is 170 cm³/mol. The van der Waals surface area contributed by atoms with Gasteiger partial charge in [-0.2, -0.15) is 9.97 Å². The third-order valence-electron chi connectivity index (χ3n) is 7.61. The third-order valence-corrected chi connectivity index (χ3v) is 7.61. The summed E-state index contributed by atoms with van der Waals surface area (Å²) in [6.07, 6.45) is 2.41. The number of aliphatic hydroxyl groups is 2. The van der Waals surface area contributed by atoms with E-state index in [1.54, 1.807) is 14.2 Å². The number of hydrogen-bond donors (Lipinski definition) is 3. The Labute approximate surface area is 259 Å². The van der Waals surface area contributed by atoms with Crippen molar-refractivity contribution < 1.29 is 29.2 Å². The van der Waals surface area contributed by atoms with Crippen LogP contribution >= 0.6 is 0 Å². The first-order valence-corrected chi connectivity index (χ1v) is 14.9. The fourth-order valence-corrected chi connectivity index (χ4v) is 5.04. The van der Waals surface area contributed by atoms with Gasteiger partial charge in [-0.15, -0.1) is 0 Å². The number of unbranched alkanes of at least 4 members (excludes halogenated alkanes) is 1. The lowest BCUT2D eigenvalue weighted by Crippen LogP contribution is -2.18. The standard InChI is InChI=1S/C35H43N3O6/c1-24-28(22-43-32-16-14-26(9-5-6-19-39)34(37-32)41-3)10-7-12-30(24)31-13-8-11-29(25(31)2)23-44-33-17-15-27(21-36-18-20-40)35(38-33)42-4/h7-8,10-17,36,39-40H,5-6,9,18-23H2,1-4H3. The average molecular weight is 602 g/mol. The van der Waals surface area contributed by atoms with Gasteiger partial charge in [-0.25, -0.2) is 0 Å². The van der Waals surface area contributed by atoms with Crippen molar-refractivity contribution in [3.63, 3.8) is 0 Å². The Hall–Kier alpha value is -4.18. The van der Waals surface area contributed by atoms with Crippen LogP contribution in [-0.2, 0) is 26.2 Å². The van der Waals surface area contributed by atoms with E-state index < -0.39 is 0 Å². The summed E-state index contributed by atoms with van der Waals surface area (Å²) >= 11 is 0. The van der Waals surface area contributed by atoms with E-state index in [0.29, 0.717) is 49.8 Å². The highest BCUT2D eigenvalue weighted by Crippen LogP contribution is 2.32. The molecule has 0 radical (unpaired) electrons. The van der Waals surface area contributed by atoms with E-state index in [4.69, 9.17) is 29.2 Å². The summed E-state index contributed by atoms with van der Waals surface area (Å²) in [6.45, 7) is 6.26. The van der Waals surface area contributed by atoms with Gasteiger partial charge in [0.1, 0.15) is 13.2 Å². The zero-order valence-corrected chi connectivity index (χ0v) is 26.1. The molecule has 0 fully saturated rings. The number of ether oxygens (including phenoxy) is 4. The molecule has 2 heterocycles. The van der Waals surface area contributed by atoms with Crippen molar-refractivity contribution >= 4 is 0 Å². The molecule has 0 aliphatic carbocycles. The molecule has 0 saturated carbocycles. The van der Waals surface area contributed by atoms with E-state index in [0.717, 1.165) is 63.8 Å². The molecule has 0 amide bonds. The molecule has 4 rings (SSSR count). The molecule has 44 heavy (non-hydrogen) atoms. The van der Waals surface area contributed by atoms with Crippen molar-refractivity contribution in [3.05, 3.63) is 94.0 Å². The first-order valence-electron chi connectivity index (χ1n) is 14.9. The molecule has 9 nitrogen and oxygen atoms in total. The molecule has 0 spiro atoms. The highest BCUT2D eigenvalue weighted by molar-refractivity contribution is 5.72. The smallest absolute Gasteiger partial charge is 0.220 e. The molecule has 2 aromatic heterocycles. The number of hydrogen-bond acceptors (Lipinski definition) is 9. The Bertz CT molecular complexity index is 1400. The lowest BCUT2D eigenvalue weighted by molar-refractivity contribution is 0.281. The lowest BCUT2D eigenvalue weighted by atomic mass is 9.92. The first-order chi connectivity index (χ1) is 21.5. The summed E-state index contributed by atoms with van der Waals surface area (Å²) < 4.78 is 23.1. The maximum absolute atomic E-state index is 9.07. The number of methoxy groups -OCH3 is 2. The second-order valence-corrected chi connectivity index (χ2v) is 10.5. The van der Waals surface area contributed by atoms with E-state index >= 15 is 0 Å². The van der Waals surface area contributed by atoms with Crippen molar-refractivity contribution in [2.45, 2.75) is 52.9 Å². The summed E-state index contributed by atoms with van der Waals surface area (Å²) in [6, 6.07) is 20.1. The predicted octanol–water partition coefficient (Wildman–Crippen LogP) is 5.33. The summed E-state index contributed by atoms with van der Waals surface area (Å²) in [7, 11) is 3.20. The van der Waals surface area contributed by atoms with Gasteiger partial charge in [0.2, 0.25) is 23.5 Å². The molecule has 3 N–H and O–H groups in total. The molecule has 0 unspecified atom stereocenters. The van der Waals surface area contributed by atoms with E-state index in [-0.39, 0.29) is 13.2 Å². The van der Waals surface area contributed by atoms with Gasteiger partial charge in [0.05, 0.1) is 20.8 Å². The van der Waals surface area contributed by atoms with E-state index in [1.165, 1.54) is 0 Å². The van der Waals surface area contributed by atoms with Crippen LogP contribution in [0.3, 0.4) is 0 Å². The van der Waals surface area contributed by atoms with Crippen molar-refractivity contribution in [1.29, 1.82) is 0 Å². The Morgan fingerprint density at radius 3 is 1.70 bits per heavy atom. The van der Waals surface area contributed by atoms with Crippen LogP contribution in [0.4, 0.5) is 0 Å². The molecule has 234 valence electrons. The van der Waals surface area contributed by atoms with Gasteiger partial charge in [0.25, 0.3) is 0 Å². The number of pyridine rings is 2. The number of aromatic nitrogens is 2. The normalized spacial score (nSPS) is 11.0. The van der Waals surface area contributed by atoms with Gasteiger partial charge in [-0.3, -0.25) is 0 Å². The first kappa shape index (κ1) is 32.7. The van der Waals surface area contributed by atoms with Crippen LogP contribution in [0.2, 0.25) is 0 Å². The second-order valence-electron chi connectivity index (χ2n) is 10.5. The minimum Gasteiger partial charge on any atom is -0.481 e. The zero-order chi connectivity index (χ0) is 31.3. The molecule has 0 bridgehead atoms. The number of rotatable bonds is 17. The van der Waals surface area contributed by atoms with Gasteiger partial charge in [-0.05, 0) is 78.6 Å². The average Bonchev–Trinajstić information content (AvgIpc) is 3.05. The van der Waals surface area contributed by atoms with Gasteiger partial charge in [-0.1, -0.05) is 36.4 Å².